The first kappa shape index (κ1) is 12.5. The number of carboxylic acid groups (broad SMARTS) is 1. The molecule has 0 bridgehead atoms. The van der Waals surface area contributed by atoms with Crippen LogP contribution in [0.2, 0.25) is 0 Å². The van der Waals surface area contributed by atoms with Crippen molar-refractivity contribution in [3.8, 4) is 0 Å². The summed E-state index contributed by atoms with van der Waals surface area (Å²) >= 11 is 0. The maximum atomic E-state index is 12.1. The summed E-state index contributed by atoms with van der Waals surface area (Å²) in [7, 11) is 0. The zero-order valence-corrected chi connectivity index (χ0v) is 9.91. The van der Waals surface area contributed by atoms with E-state index in [-0.39, 0.29) is 13.0 Å². The van der Waals surface area contributed by atoms with E-state index in [0.717, 1.165) is 5.69 Å². The monoisotopic (exact) mass is 250 g/mol. The van der Waals surface area contributed by atoms with E-state index in [1.54, 1.807) is 19.1 Å². The van der Waals surface area contributed by atoms with Crippen molar-refractivity contribution in [2.45, 2.75) is 25.5 Å². The number of aliphatic carboxylic acids is 1. The van der Waals surface area contributed by atoms with E-state index in [1.807, 2.05) is 0 Å². The molecule has 6 heteroatoms. The number of carbonyl (C=O) groups excluding carboxylic acids is 1. The summed E-state index contributed by atoms with van der Waals surface area (Å²) in [6, 6.07) is 2.33. The number of aliphatic hydroxyl groups excluding tert-OH is 1. The highest BCUT2D eigenvalue weighted by Gasteiger charge is 2.39. The van der Waals surface area contributed by atoms with Gasteiger partial charge < -0.3 is 15.1 Å². The van der Waals surface area contributed by atoms with E-state index in [1.165, 1.54) is 11.1 Å². The lowest BCUT2D eigenvalue weighted by Gasteiger charge is -2.20. The van der Waals surface area contributed by atoms with E-state index in [4.69, 9.17) is 5.11 Å². The average molecular weight is 250 g/mol. The first-order valence-corrected chi connectivity index (χ1v) is 5.63. The molecule has 0 aromatic carbocycles. The summed E-state index contributed by atoms with van der Waals surface area (Å²) in [6.45, 7) is 1.84. The molecule has 1 fully saturated rings. The molecule has 2 atom stereocenters. The molecular weight excluding hydrogens is 236 g/mol. The average Bonchev–Trinajstić information content (AvgIpc) is 2.71. The number of pyridine rings is 1. The maximum Gasteiger partial charge on any atom is 0.326 e. The molecule has 1 aromatic heterocycles. The quantitative estimate of drug-likeness (QED) is 0.774. The second-order valence-electron chi connectivity index (χ2n) is 4.39. The lowest BCUT2D eigenvalue weighted by atomic mass is 10.2. The van der Waals surface area contributed by atoms with Crippen LogP contribution in [0.5, 0.6) is 0 Å². The fraction of sp³-hybridized carbons (Fsp3) is 0.417. The van der Waals surface area contributed by atoms with Crippen molar-refractivity contribution in [2.75, 3.05) is 6.54 Å². The van der Waals surface area contributed by atoms with Crippen LogP contribution in [0.15, 0.2) is 18.3 Å². The SMILES string of the molecule is Cc1ccc(C(=O)N2CC(O)C[C@H]2C(=O)O)cn1. The number of carboxylic acids is 1. The highest BCUT2D eigenvalue weighted by Crippen LogP contribution is 2.20. The maximum absolute atomic E-state index is 12.1. The minimum absolute atomic E-state index is 0.0453. The number of aryl methyl sites for hydroxylation is 1. The Bertz CT molecular complexity index is 471. The lowest BCUT2D eigenvalue weighted by molar-refractivity contribution is -0.141. The van der Waals surface area contributed by atoms with Crippen molar-refractivity contribution in [2.24, 2.45) is 0 Å². The number of amides is 1. The number of rotatable bonds is 2. The van der Waals surface area contributed by atoms with Gasteiger partial charge in [0.2, 0.25) is 0 Å². The highest BCUT2D eigenvalue weighted by atomic mass is 16.4. The molecular formula is C12H14N2O4. The molecule has 0 aliphatic carbocycles. The van der Waals surface area contributed by atoms with Crippen molar-refractivity contribution in [3.63, 3.8) is 0 Å². The number of likely N-dealkylation sites (tertiary alicyclic amines) is 1. The lowest BCUT2D eigenvalue weighted by Crippen LogP contribution is -2.40. The van der Waals surface area contributed by atoms with Gasteiger partial charge in [-0.2, -0.15) is 0 Å². The van der Waals surface area contributed by atoms with Gasteiger partial charge in [0, 0.05) is 24.9 Å². The third-order valence-electron chi connectivity index (χ3n) is 2.98. The molecule has 0 spiro atoms. The third-order valence-corrected chi connectivity index (χ3v) is 2.98. The van der Waals surface area contributed by atoms with Crippen molar-refractivity contribution >= 4 is 11.9 Å². The van der Waals surface area contributed by atoms with Crippen LogP contribution in [0.1, 0.15) is 22.5 Å². The molecule has 96 valence electrons. The molecule has 1 aromatic rings. The highest BCUT2D eigenvalue weighted by molar-refractivity contribution is 5.96. The van der Waals surface area contributed by atoms with Gasteiger partial charge in [0.1, 0.15) is 6.04 Å². The van der Waals surface area contributed by atoms with Crippen LogP contribution in [-0.4, -0.2) is 50.7 Å². The molecule has 18 heavy (non-hydrogen) atoms. The van der Waals surface area contributed by atoms with E-state index in [0.29, 0.717) is 5.56 Å². The van der Waals surface area contributed by atoms with E-state index < -0.39 is 24.0 Å². The summed E-state index contributed by atoms with van der Waals surface area (Å²) in [5.74, 6) is -1.51. The van der Waals surface area contributed by atoms with E-state index in [2.05, 4.69) is 4.98 Å². The van der Waals surface area contributed by atoms with Gasteiger partial charge in [-0.15, -0.1) is 0 Å². The van der Waals surface area contributed by atoms with Crippen LogP contribution in [0.4, 0.5) is 0 Å². The van der Waals surface area contributed by atoms with Gasteiger partial charge >= 0.3 is 5.97 Å². The zero-order chi connectivity index (χ0) is 13.3. The van der Waals surface area contributed by atoms with Crippen LogP contribution in [0.25, 0.3) is 0 Å². The van der Waals surface area contributed by atoms with Crippen molar-refractivity contribution < 1.29 is 19.8 Å². The molecule has 1 aliphatic heterocycles. The summed E-state index contributed by atoms with van der Waals surface area (Å²) in [5.41, 5.74) is 1.11. The molecule has 2 N–H and O–H groups in total. The fourth-order valence-corrected chi connectivity index (χ4v) is 2.03. The Morgan fingerprint density at radius 2 is 2.17 bits per heavy atom. The van der Waals surface area contributed by atoms with Crippen LogP contribution in [0.3, 0.4) is 0 Å². The second-order valence-corrected chi connectivity index (χ2v) is 4.39. The van der Waals surface area contributed by atoms with Gasteiger partial charge in [-0.3, -0.25) is 9.78 Å². The Kier molecular flexibility index (Phi) is 3.29. The molecule has 1 aliphatic rings. The molecule has 1 saturated heterocycles. The topological polar surface area (TPSA) is 90.7 Å². The largest absolute Gasteiger partial charge is 0.480 e. The van der Waals surface area contributed by atoms with Crippen LogP contribution < -0.4 is 0 Å². The second kappa shape index (κ2) is 4.73. The van der Waals surface area contributed by atoms with Crippen LogP contribution in [0, 0.1) is 6.92 Å². The Morgan fingerprint density at radius 1 is 1.44 bits per heavy atom. The number of carbonyl (C=O) groups is 2. The first-order valence-electron chi connectivity index (χ1n) is 5.63. The molecule has 1 unspecified atom stereocenters. The predicted molar refractivity (Wildman–Crippen MR) is 62.1 cm³/mol. The minimum atomic E-state index is -1.10. The molecule has 6 nitrogen and oxygen atoms in total. The van der Waals surface area contributed by atoms with Gasteiger partial charge in [-0.25, -0.2) is 4.79 Å². The summed E-state index contributed by atoms with van der Waals surface area (Å²) in [4.78, 5) is 28.3. The number of β-amino-alcohol motifs (C(OH)–C–C–N with tert-alkyl or cyclic N) is 1. The molecule has 2 rings (SSSR count). The number of hydrogen-bond acceptors (Lipinski definition) is 4. The first-order chi connectivity index (χ1) is 8.49. The number of nitrogens with zero attached hydrogens (tertiary/aromatic N) is 2. The molecule has 0 saturated carbocycles. The molecule has 1 amide bonds. The van der Waals surface area contributed by atoms with Gasteiger partial charge in [-0.1, -0.05) is 0 Å². The Balaban J connectivity index is 2.22. The molecule has 0 radical (unpaired) electrons. The Hall–Kier alpha value is -1.95. The summed E-state index contributed by atoms with van der Waals surface area (Å²) < 4.78 is 0. The normalized spacial score (nSPS) is 23.1. The summed E-state index contributed by atoms with van der Waals surface area (Å²) in [6.07, 6.45) is 0.704. The van der Waals surface area contributed by atoms with Gasteiger partial charge in [-0.05, 0) is 19.1 Å². The van der Waals surface area contributed by atoms with Gasteiger partial charge in [0.15, 0.2) is 0 Å². The zero-order valence-electron chi connectivity index (χ0n) is 9.91. The van der Waals surface area contributed by atoms with Crippen molar-refractivity contribution in [3.05, 3.63) is 29.6 Å². The Morgan fingerprint density at radius 3 is 2.72 bits per heavy atom. The summed E-state index contributed by atoms with van der Waals surface area (Å²) in [5, 5.41) is 18.5. The van der Waals surface area contributed by atoms with Crippen LogP contribution in [-0.2, 0) is 4.79 Å². The van der Waals surface area contributed by atoms with Crippen LogP contribution >= 0.6 is 0 Å². The van der Waals surface area contributed by atoms with Crippen molar-refractivity contribution in [1.82, 2.24) is 9.88 Å². The minimum Gasteiger partial charge on any atom is -0.480 e. The third kappa shape index (κ3) is 2.33. The van der Waals surface area contributed by atoms with E-state index in [9.17, 15) is 14.7 Å². The standard InChI is InChI=1S/C12H14N2O4/c1-7-2-3-8(5-13-7)11(16)14-6-9(15)4-10(14)12(17)18/h2-3,5,9-10,15H,4,6H2,1H3,(H,17,18)/t9?,10-/m0/s1. The molecule has 2 heterocycles. The Labute approximate surface area is 104 Å². The number of hydrogen-bond donors (Lipinski definition) is 2. The predicted octanol–water partition coefficient (Wildman–Crippen LogP) is 0.0500. The smallest absolute Gasteiger partial charge is 0.326 e. The van der Waals surface area contributed by atoms with E-state index >= 15 is 0 Å². The van der Waals surface area contributed by atoms with Gasteiger partial charge in [0.05, 0.1) is 11.7 Å². The van der Waals surface area contributed by atoms with Crippen molar-refractivity contribution in [1.29, 1.82) is 0 Å². The number of aromatic nitrogens is 1. The fourth-order valence-electron chi connectivity index (χ4n) is 2.03. The number of aliphatic hydroxyl groups is 1. The van der Waals surface area contributed by atoms with Gasteiger partial charge in [0.25, 0.3) is 5.91 Å².